The molecule has 1 saturated heterocycles. The molecule has 1 heterocycles. The first-order valence-corrected chi connectivity index (χ1v) is 7.64. The summed E-state index contributed by atoms with van der Waals surface area (Å²) in [7, 11) is 0.824. The van der Waals surface area contributed by atoms with Crippen molar-refractivity contribution >= 4 is 11.9 Å². The van der Waals surface area contributed by atoms with Gasteiger partial charge in [-0.25, -0.2) is 9.18 Å². The highest BCUT2D eigenvalue weighted by atomic mass is 19.1. The van der Waals surface area contributed by atoms with Gasteiger partial charge in [0.2, 0.25) is 5.91 Å². The molecular weight excluding hydrogens is 357 g/mol. The molecular formula is C15H22FNO9. The van der Waals surface area contributed by atoms with Crippen molar-refractivity contribution in [3.63, 3.8) is 0 Å². The van der Waals surface area contributed by atoms with Crippen molar-refractivity contribution in [2.24, 2.45) is 0 Å². The van der Waals surface area contributed by atoms with Gasteiger partial charge in [0.05, 0.1) is 19.8 Å². The Bertz CT molecular complexity index is 554. The van der Waals surface area contributed by atoms with Crippen LogP contribution in [-0.4, -0.2) is 93.5 Å². The molecule has 26 heavy (non-hydrogen) atoms. The van der Waals surface area contributed by atoms with Crippen molar-refractivity contribution in [3.05, 3.63) is 0 Å². The van der Waals surface area contributed by atoms with E-state index in [1.165, 1.54) is 0 Å². The Labute approximate surface area is 148 Å². The summed E-state index contributed by atoms with van der Waals surface area (Å²) in [6.45, 7) is -0.954. The van der Waals surface area contributed by atoms with E-state index in [0.717, 1.165) is 7.11 Å². The molecule has 1 amide bonds. The number of aliphatic hydroxyl groups excluding tert-OH is 4. The van der Waals surface area contributed by atoms with Gasteiger partial charge in [0.15, 0.2) is 6.17 Å². The van der Waals surface area contributed by atoms with E-state index in [4.69, 9.17) is 16.3 Å². The number of rotatable bonds is 7. The maximum Gasteiger partial charge on any atom is 0.369 e. The van der Waals surface area contributed by atoms with Gasteiger partial charge in [-0.1, -0.05) is 0 Å². The first-order chi connectivity index (χ1) is 12.1. The summed E-state index contributed by atoms with van der Waals surface area (Å²) in [5.74, 6) is -3.43. The zero-order valence-corrected chi connectivity index (χ0v) is 13.9. The van der Waals surface area contributed by atoms with Gasteiger partial charge in [0, 0.05) is 12.8 Å². The Morgan fingerprint density at radius 2 is 2.08 bits per heavy atom. The lowest BCUT2D eigenvalue weighted by atomic mass is 9.87. The molecule has 6 N–H and O–H groups in total. The Balaban J connectivity index is 3.18. The van der Waals surface area contributed by atoms with Crippen LogP contribution in [0.25, 0.3) is 0 Å². The number of hydrogen-bond donors (Lipinski definition) is 6. The maximum atomic E-state index is 14.4. The molecule has 1 rings (SSSR count). The highest BCUT2D eigenvalue weighted by molar-refractivity contribution is 5.79. The van der Waals surface area contributed by atoms with E-state index >= 15 is 0 Å². The van der Waals surface area contributed by atoms with E-state index < -0.39 is 60.9 Å². The minimum Gasteiger partial charge on any atom is -0.465 e. The second-order valence-electron chi connectivity index (χ2n) is 5.70. The van der Waals surface area contributed by atoms with E-state index in [9.17, 15) is 34.4 Å². The maximum absolute atomic E-state index is 14.4. The van der Waals surface area contributed by atoms with Gasteiger partial charge >= 0.3 is 11.8 Å². The average Bonchev–Trinajstić information content (AvgIpc) is 2.64. The third-order valence-electron chi connectivity index (χ3n) is 3.93. The summed E-state index contributed by atoms with van der Waals surface area (Å²) in [5.41, 5.74) is 0. The van der Waals surface area contributed by atoms with Gasteiger partial charge in [-0.3, -0.25) is 4.79 Å². The highest BCUT2D eigenvalue weighted by Crippen LogP contribution is 2.33. The van der Waals surface area contributed by atoms with Crippen molar-refractivity contribution in [3.8, 4) is 12.3 Å². The second kappa shape index (κ2) is 9.22. The minimum absolute atomic E-state index is 0.0349. The molecule has 0 aromatic heterocycles. The Morgan fingerprint density at radius 1 is 1.46 bits per heavy atom. The summed E-state index contributed by atoms with van der Waals surface area (Å²) in [5, 5.41) is 51.1. The first kappa shape index (κ1) is 22.2. The molecule has 11 heteroatoms. The number of methoxy groups -OCH3 is 1. The van der Waals surface area contributed by atoms with Crippen LogP contribution in [0.5, 0.6) is 0 Å². The van der Waals surface area contributed by atoms with Crippen LogP contribution in [0.3, 0.4) is 0 Å². The summed E-state index contributed by atoms with van der Waals surface area (Å²) in [6.07, 6.45) is -5.80. The molecule has 1 fully saturated rings. The van der Waals surface area contributed by atoms with E-state index in [0.29, 0.717) is 0 Å². The van der Waals surface area contributed by atoms with Crippen LogP contribution < -0.4 is 5.32 Å². The SMILES string of the molecule is C#CCCC(=O)NC1C(O)C(F)C(O)(C(=O)OC)OC1[C@H](O)[C@H](O)CO. The van der Waals surface area contributed by atoms with Crippen LogP contribution in [0.1, 0.15) is 12.8 Å². The molecule has 0 bridgehead atoms. The molecule has 0 spiro atoms. The number of halogens is 1. The van der Waals surface area contributed by atoms with E-state index in [-0.39, 0.29) is 12.8 Å². The number of carbonyl (C=O) groups excluding carboxylic acids is 2. The number of terminal acetylenes is 1. The summed E-state index contributed by atoms with van der Waals surface area (Å²) < 4.78 is 23.5. The molecule has 148 valence electrons. The lowest BCUT2D eigenvalue weighted by molar-refractivity contribution is -0.321. The van der Waals surface area contributed by atoms with Gasteiger partial charge in [0.25, 0.3) is 0 Å². The predicted octanol–water partition coefficient (Wildman–Crippen LogP) is -3.44. The van der Waals surface area contributed by atoms with E-state index in [1.54, 1.807) is 0 Å². The van der Waals surface area contributed by atoms with Crippen LogP contribution >= 0.6 is 0 Å². The minimum atomic E-state index is -3.30. The Hall–Kier alpha value is -1.81. The van der Waals surface area contributed by atoms with Gasteiger partial charge in [0.1, 0.15) is 24.4 Å². The quantitative estimate of drug-likeness (QED) is 0.195. The standard InChI is InChI=1S/C15H22FNO9/c1-3-4-5-8(20)17-9-11(22)13(16)15(24,14(23)25-2)26-12(9)10(21)7(19)6-18/h1,7,9-13,18-19,21-22,24H,4-6H2,2H3,(H,17,20)/t7-,9?,10-,11?,12?,13?,15?/m1/s1. The number of esters is 1. The monoisotopic (exact) mass is 379 g/mol. The topological polar surface area (TPSA) is 166 Å². The summed E-state index contributed by atoms with van der Waals surface area (Å²) >= 11 is 0. The molecule has 0 saturated carbocycles. The average molecular weight is 379 g/mol. The highest BCUT2D eigenvalue weighted by Gasteiger charge is 2.61. The molecule has 0 aromatic rings. The van der Waals surface area contributed by atoms with Crippen molar-refractivity contribution in [1.82, 2.24) is 5.32 Å². The number of amides is 1. The van der Waals surface area contributed by atoms with E-state index in [1.807, 2.05) is 0 Å². The number of carbonyl (C=O) groups is 2. The number of aliphatic hydroxyl groups is 5. The molecule has 1 aliphatic rings. The van der Waals surface area contributed by atoms with Crippen LogP contribution in [0.2, 0.25) is 0 Å². The lowest BCUT2D eigenvalue weighted by Crippen LogP contribution is -2.72. The van der Waals surface area contributed by atoms with Crippen LogP contribution in [0, 0.1) is 12.3 Å². The number of nitrogens with one attached hydrogen (secondary N) is 1. The van der Waals surface area contributed by atoms with Crippen molar-refractivity contribution in [1.29, 1.82) is 0 Å². The van der Waals surface area contributed by atoms with Crippen molar-refractivity contribution in [2.45, 2.75) is 55.3 Å². The summed E-state index contributed by atoms with van der Waals surface area (Å²) in [6, 6.07) is -1.67. The fourth-order valence-corrected chi connectivity index (χ4v) is 2.48. The second-order valence-corrected chi connectivity index (χ2v) is 5.70. The molecule has 1 aliphatic heterocycles. The largest absolute Gasteiger partial charge is 0.465 e. The Morgan fingerprint density at radius 3 is 2.58 bits per heavy atom. The smallest absolute Gasteiger partial charge is 0.369 e. The molecule has 0 radical (unpaired) electrons. The normalized spacial score (nSPS) is 33.6. The number of hydrogen-bond acceptors (Lipinski definition) is 9. The first-order valence-electron chi connectivity index (χ1n) is 7.64. The van der Waals surface area contributed by atoms with Crippen LogP contribution in [0.15, 0.2) is 0 Å². The number of alkyl halides is 1. The fraction of sp³-hybridized carbons (Fsp3) is 0.733. The van der Waals surface area contributed by atoms with Crippen molar-refractivity contribution < 1.29 is 49.0 Å². The molecule has 7 atom stereocenters. The molecule has 10 nitrogen and oxygen atoms in total. The predicted molar refractivity (Wildman–Crippen MR) is 81.8 cm³/mol. The Kier molecular flexibility index (Phi) is 7.88. The third kappa shape index (κ3) is 4.47. The summed E-state index contributed by atoms with van der Waals surface area (Å²) in [4.78, 5) is 23.5. The van der Waals surface area contributed by atoms with Gasteiger partial charge in [-0.05, 0) is 0 Å². The van der Waals surface area contributed by atoms with Gasteiger partial charge in [-0.2, -0.15) is 0 Å². The van der Waals surface area contributed by atoms with Crippen molar-refractivity contribution in [2.75, 3.05) is 13.7 Å². The molecule has 5 unspecified atom stereocenters. The van der Waals surface area contributed by atoms with Gasteiger partial charge < -0.3 is 40.3 Å². The van der Waals surface area contributed by atoms with Gasteiger partial charge in [-0.15, -0.1) is 12.3 Å². The third-order valence-corrected chi connectivity index (χ3v) is 3.93. The zero-order valence-electron chi connectivity index (χ0n) is 13.9. The molecule has 0 aliphatic carbocycles. The van der Waals surface area contributed by atoms with Crippen LogP contribution in [-0.2, 0) is 19.1 Å². The zero-order chi connectivity index (χ0) is 20.1. The van der Waals surface area contributed by atoms with Crippen LogP contribution in [0.4, 0.5) is 4.39 Å². The number of ether oxygens (including phenoxy) is 2. The van der Waals surface area contributed by atoms with E-state index in [2.05, 4.69) is 16.0 Å². The fourth-order valence-electron chi connectivity index (χ4n) is 2.48. The lowest BCUT2D eigenvalue weighted by Gasteiger charge is -2.46. The molecule has 0 aromatic carbocycles.